The first-order chi connectivity index (χ1) is 10.4. The molecule has 2 N–H and O–H groups in total. The number of rotatable bonds is 5. The maximum atomic E-state index is 12.3. The van der Waals surface area contributed by atoms with Crippen LogP contribution < -0.4 is 10.6 Å². The highest BCUT2D eigenvalue weighted by atomic mass is 79.9. The van der Waals surface area contributed by atoms with Gasteiger partial charge in [0.1, 0.15) is 11.2 Å². The smallest absolute Gasteiger partial charge is 0.239 e. The number of furan rings is 1. The molecule has 116 valence electrons. The van der Waals surface area contributed by atoms with Crippen LogP contribution >= 0.6 is 15.9 Å². The van der Waals surface area contributed by atoms with E-state index in [1.54, 1.807) is 38.1 Å². The van der Waals surface area contributed by atoms with Crippen molar-refractivity contribution in [3.05, 3.63) is 52.9 Å². The van der Waals surface area contributed by atoms with Crippen LogP contribution in [0.5, 0.6) is 0 Å². The summed E-state index contributed by atoms with van der Waals surface area (Å²) < 4.78 is 6.06. The first-order valence-corrected chi connectivity index (χ1v) is 7.56. The lowest BCUT2D eigenvalue weighted by molar-refractivity contribution is -0.138. The van der Waals surface area contributed by atoms with Crippen LogP contribution in [-0.4, -0.2) is 11.8 Å². The number of hydrogen-bond acceptors (Lipinski definition) is 3. The Morgan fingerprint density at radius 1 is 1.14 bits per heavy atom. The Kier molecular flexibility index (Phi) is 5.03. The molecule has 0 radical (unpaired) electrons. The van der Waals surface area contributed by atoms with Crippen LogP contribution in [0.4, 0.5) is 5.69 Å². The van der Waals surface area contributed by atoms with E-state index < -0.39 is 5.41 Å². The van der Waals surface area contributed by atoms with Crippen molar-refractivity contribution >= 4 is 33.4 Å². The zero-order valence-corrected chi connectivity index (χ0v) is 13.9. The van der Waals surface area contributed by atoms with Gasteiger partial charge >= 0.3 is 0 Å². The Hall–Kier alpha value is -2.08. The largest absolute Gasteiger partial charge is 0.467 e. The minimum atomic E-state index is -1.19. The summed E-state index contributed by atoms with van der Waals surface area (Å²) in [6.45, 7) is 3.41. The van der Waals surface area contributed by atoms with Crippen LogP contribution in [0.1, 0.15) is 19.6 Å². The standard InChI is InChI=1S/C16H17BrN2O3/c1-16(2,14(20)18-10-13-4-3-9-22-13)15(21)19-12-7-5-11(17)6-8-12/h3-9H,10H2,1-2H3,(H,18,20)(H,19,21). The average molecular weight is 365 g/mol. The summed E-state index contributed by atoms with van der Waals surface area (Å²) >= 11 is 3.33. The molecule has 0 aliphatic carbocycles. The highest BCUT2D eigenvalue weighted by Crippen LogP contribution is 2.20. The molecule has 1 aromatic carbocycles. The fraction of sp³-hybridized carbons (Fsp3) is 0.250. The summed E-state index contributed by atoms with van der Waals surface area (Å²) in [7, 11) is 0. The molecule has 0 aliphatic rings. The predicted octanol–water partition coefficient (Wildman–Crippen LogP) is 3.32. The van der Waals surface area contributed by atoms with Gasteiger partial charge in [0, 0.05) is 10.2 Å². The molecule has 0 aliphatic heterocycles. The molecule has 0 saturated carbocycles. The molecule has 0 saturated heterocycles. The molecular formula is C16H17BrN2O3. The molecule has 1 heterocycles. The highest BCUT2D eigenvalue weighted by molar-refractivity contribution is 9.10. The Balaban J connectivity index is 1.96. The molecule has 2 aromatic rings. The zero-order valence-electron chi connectivity index (χ0n) is 12.4. The predicted molar refractivity (Wildman–Crippen MR) is 87.1 cm³/mol. The van der Waals surface area contributed by atoms with Crippen LogP contribution in [-0.2, 0) is 16.1 Å². The summed E-state index contributed by atoms with van der Waals surface area (Å²) in [4.78, 5) is 24.5. The zero-order chi connectivity index (χ0) is 16.2. The molecule has 22 heavy (non-hydrogen) atoms. The molecule has 0 fully saturated rings. The van der Waals surface area contributed by atoms with E-state index in [1.165, 1.54) is 6.26 Å². The van der Waals surface area contributed by atoms with Crippen LogP contribution in [0, 0.1) is 5.41 Å². The number of hydrogen-bond donors (Lipinski definition) is 2. The highest BCUT2D eigenvalue weighted by Gasteiger charge is 2.36. The number of carbonyl (C=O) groups excluding carboxylic acids is 2. The molecule has 0 atom stereocenters. The second kappa shape index (κ2) is 6.79. The first kappa shape index (κ1) is 16.3. The van der Waals surface area contributed by atoms with Crippen molar-refractivity contribution in [2.24, 2.45) is 5.41 Å². The number of anilines is 1. The number of nitrogens with one attached hydrogen (secondary N) is 2. The van der Waals surface area contributed by atoms with Gasteiger partial charge in [0.15, 0.2) is 0 Å². The molecule has 0 unspecified atom stereocenters. The van der Waals surface area contributed by atoms with Crippen LogP contribution in [0.15, 0.2) is 51.6 Å². The second-order valence-corrected chi connectivity index (χ2v) is 6.26. The van der Waals surface area contributed by atoms with E-state index in [2.05, 4.69) is 26.6 Å². The molecule has 2 rings (SSSR count). The van der Waals surface area contributed by atoms with Crippen molar-refractivity contribution in [1.82, 2.24) is 5.32 Å². The van der Waals surface area contributed by atoms with Gasteiger partial charge in [0.05, 0.1) is 12.8 Å². The van der Waals surface area contributed by atoms with Gasteiger partial charge in [0.2, 0.25) is 11.8 Å². The number of benzene rings is 1. The molecule has 6 heteroatoms. The Morgan fingerprint density at radius 3 is 2.41 bits per heavy atom. The minimum absolute atomic E-state index is 0.251. The Bertz CT molecular complexity index is 649. The van der Waals surface area contributed by atoms with Crippen molar-refractivity contribution in [3.8, 4) is 0 Å². The summed E-state index contributed by atoms with van der Waals surface area (Å²) in [6, 6.07) is 10.7. The van der Waals surface area contributed by atoms with Crippen molar-refractivity contribution in [2.45, 2.75) is 20.4 Å². The molecular weight excluding hydrogens is 348 g/mol. The van der Waals surface area contributed by atoms with E-state index in [1.807, 2.05) is 12.1 Å². The fourth-order valence-electron chi connectivity index (χ4n) is 1.73. The van der Waals surface area contributed by atoms with E-state index in [0.29, 0.717) is 11.4 Å². The normalized spacial score (nSPS) is 11.0. The quantitative estimate of drug-likeness (QED) is 0.799. The Labute approximate surface area is 137 Å². The van der Waals surface area contributed by atoms with Crippen LogP contribution in [0.25, 0.3) is 0 Å². The SMILES string of the molecule is CC(C)(C(=O)NCc1ccco1)C(=O)Nc1ccc(Br)cc1. The van der Waals surface area contributed by atoms with Gasteiger partial charge in [-0.3, -0.25) is 9.59 Å². The first-order valence-electron chi connectivity index (χ1n) is 6.77. The van der Waals surface area contributed by atoms with E-state index in [9.17, 15) is 9.59 Å². The maximum Gasteiger partial charge on any atom is 0.239 e. The third-order valence-corrected chi connectivity index (χ3v) is 3.77. The van der Waals surface area contributed by atoms with Gasteiger partial charge in [0.25, 0.3) is 0 Å². The Morgan fingerprint density at radius 2 is 1.82 bits per heavy atom. The van der Waals surface area contributed by atoms with E-state index >= 15 is 0 Å². The second-order valence-electron chi connectivity index (χ2n) is 5.35. The van der Waals surface area contributed by atoms with Crippen molar-refractivity contribution < 1.29 is 14.0 Å². The van der Waals surface area contributed by atoms with Crippen LogP contribution in [0.2, 0.25) is 0 Å². The van der Waals surface area contributed by atoms with Crippen LogP contribution in [0.3, 0.4) is 0 Å². The van der Waals surface area contributed by atoms with Gasteiger partial charge in [-0.05, 0) is 50.2 Å². The maximum absolute atomic E-state index is 12.3. The third-order valence-electron chi connectivity index (χ3n) is 3.24. The van der Waals surface area contributed by atoms with Gasteiger partial charge in [-0.25, -0.2) is 0 Å². The summed E-state index contributed by atoms with van der Waals surface area (Å²) in [5, 5.41) is 5.44. The minimum Gasteiger partial charge on any atom is -0.467 e. The van der Waals surface area contributed by atoms with E-state index in [-0.39, 0.29) is 18.4 Å². The summed E-state index contributed by atoms with van der Waals surface area (Å²) in [5.41, 5.74) is -0.556. The molecule has 0 spiro atoms. The lowest BCUT2D eigenvalue weighted by Gasteiger charge is -2.22. The van der Waals surface area contributed by atoms with E-state index in [0.717, 1.165) is 4.47 Å². The fourth-order valence-corrected chi connectivity index (χ4v) is 1.99. The topological polar surface area (TPSA) is 71.3 Å². The average Bonchev–Trinajstić information content (AvgIpc) is 3.00. The van der Waals surface area contributed by atoms with Gasteiger partial charge in [-0.1, -0.05) is 15.9 Å². The van der Waals surface area contributed by atoms with Gasteiger partial charge < -0.3 is 15.1 Å². The molecule has 2 amide bonds. The monoisotopic (exact) mass is 364 g/mol. The lowest BCUT2D eigenvalue weighted by atomic mass is 9.91. The van der Waals surface area contributed by atoms with Gasteiger partial charge in [-0.2, -0.15) is 0 Å². The van der Waals surface area contributed by atoms with Gasteiger partial charge in [-0.15, -0.1) is 0 Å². The lowest BCUT2D eigenvalue weighted by Crippen LogP contribution is -2.44. The number of halogens is 1. The third kappa shape index (κ3) is 3.98. The number of carbonyl (C=O) groups is 2. The van der Waals surface area contributed by atoms with E-state index in [4.69, 9.17) is 4.42 Å². The summed E-state index contributed by atoms with van der Waals surface area (Å²) in [6.07, 6.45) is 1.53. The van der Waals surface area contributed by atoms with Crippen molar-refractivity contribution in [3.63, 3.8) is 0 Å². The number of amides is 2. The molecule has 1 aromatic heterocycles. The molecule has 0 bridgehead atoms. The molecule has 5 nitrogen and oxygen atoms in total. The summed E-state index contributed by atoms with van der Waals surface area (Å²) in [5.74, 6) is -0.0947. The van der Waals surface area contributed by atoms with Crippen molar-refractivity contribution in [2.75, 3.05) is 5.32 Å². The van der Waals surface area contributed by atoms with Crippen molar-refractivity contribution in [1.29, 1.82) is 0 Å².